The number of para-hydroxylation sites is 1. The molecule has 1 atom stereocenters. The Labute approximate surface area is 112 Å². The summed E-state index contributed by atoms with van der Waals surface area (Å²) in [4.78, 5) is 4.22. The molecule has 0 radical (unpaired) electrons. The zero-order chi connectivity index (χ0) is 13.9. The standard InChI is InChI=1S/C13H16N2O3S/c1-10(8-16)15-19(17,18)9-12-5-2-4-11-6-3-7-14-13(11)12/h2-7,10,15-16H,8-9H2,1H3/t10-/m1/s1. The molecular weight excluding hydrogens is 264 g/mol. The third-order valence-corrected chi connectivity index (χ3v) is 4.17. The van der Waals surface area contributed by atoms with Gasteiger partial charge in [-0.3, -0.25) is 4.98 Å². The van der Waals surface area contributed by atoms with Crippen molar-refractivity contribution in [2.45, 2.75) is 18.7 Å². The molecule has 0 saturated heterocycles. The topological polar surface area (TPSA) is 79.3 Å². The van der Waals surface area contributed by atoms with Crippen LogP contribution in [0.3, 0.4) is 0 Å². The van der Waals surface area contributed by atoms with Gasteiger partial charge < -0.3 is 5.11 Å². The molecular formula is C13H16N2O3S. The molecule has 2 N–H and O–H groups in total. The van der Waals surface area contributed by atoms with Gasteiger partial charge in [0.1, 0.15) is 0 Å². The first-order valence-corrected chi connectivity index (χ1v) is 7.60. The minimum Gasteiger partial charge on any atom is -0.395 e. The summed E-state index contributed by atoms with van der Waals surface area (Å²) in [6, 6.07) is 8.66. The minimum atomic E-state index is -3.49. The van der Waals surface area contributed by atoms with E-state index < -0.39 is 16.1 Å². The number of benzene rings is 1. The lowest BCUT2D eigenvalue weighted by Crippen LogP contribution is -2.35. The fraction of sp³-hybridized carbons (Fsp3) is 0.308. The molecule has 2 rings (SSSR count). The molecule has 0 amide bonds. The number of fused-ring (bicyclic) bond motifs is 1. The van der Waals surface area contributed by atoms with E-state index in [0.717, 1.165) is 5.39 Å². The van der Waals surface area contributed by atoms with Crippen LogP contribution in [0.4, 0.5) is 0 Å². The van der Waals surface area contributed by atoms with Crippen molar-refractivity contribution in [1.82, 2.24) is 9.71 Å². The Morgan fingerprint density at radius 1 is 1.32 bits per heavy atom. The molecule has 102 valence electrons. The van der Waals surface area contributed by atoms with Crippen LogP contribution in [0, 0.1) is 0 Å². The molecule has 0 spiro atoms. The minimum absolute atomic E-state index is 0.147. The predicted octanol–water partition coefficient (Wildman–Crippen LogP) is 1.03. The van der Waals surface area contributed by atoms with Crippen molar-refractivity contribution in [2.24, 2.45) is 0 Å². The highest BCUT2D eigenvalue weighted by Gasteiger charge is 2.16. The number of hydrogen-bond donors (Lipinski definition) is 2. The van der Waals surface area contributed by atoms with E-state index in [1.807, 2.05) is 24.3 Å². The summed E-state index contributed by atoms with van der Waals surface area (Å²) in [5, 5.41) is 9.80. The third-order valence-electron chi connectivity index (χ3n) is 2.72. The van der Waals surface area contributed by atoms with E-state index in [9.17, 15) is 8.42 Å². The smallest absolute Gasteiger partial charge is 0.216 e. The summed E-state index contributed by atoms with van der Waals surface area (Å²) >= 11 is 0. The average molecular weight is 280 g/mol. The first-order chi connectivity index (χ1) is 9.02. The van der Waals surface area contributed by atoms with E-state index in [2.05, 4.69) is 9.71 Å². The van der Waals surface area contributed by atoms with Gasteiger partial charge in [-0.05, 0) is 18.6 Å². The Morgan fingerprint density at radius 2 is 2.05 bits per heavy atom. The molecule has 0 fully saturated rings. The van der Waals surface area contributed by atoms with Crippen LogP contribution in [0.1, 0.15) is 12.5 Å². The molecule has 1 aromatic heterocycles. The van der Waals surface area contributed by atoms with Crippen LogP contribution in [0.5, 0.6) is 0 Å². The maximum Gasteiger partial charge on any atom is 0.216 e. The van der Waals surface area contributed by atoms with E-state index in [1.54, 1.807) is 19.2 Å². The number of nitrogens with one attached hydrogen (secondary N) is 1. The molecule has 1 aromatic carbocycles. The Bertz CT molecular complexity index is 665. The SMILES string of the molecule is C[C@H](CO)NS(=O)(=O)Cc1cccc2cccnc12. The fourth-order valence-corrected chi connectivity index (χ4v) is 3.29. The molecule has 0 saturated carbocycles. The summed E-state index contributed by atoms with van der Waals surface area (Å²) < 4.78 is 26.3. The van der Waals surface area contributed by atoms with E-state index in [-0.39, 0.29) is 12.4 Å². The Balaban J connectivity index is 2.31. The molecule has 1 heterocycles. The van der Waals surface area contributed by atoms with Gasteiger partial charge >= 0.3 is 0 Å². The van der Waals surface area contributed by atoms with E-state index in [0.29, 0.717) is 11.1 Å². The number of aliphatic hydroxyl groups is 1. The van der Waals surface area contributed by atoms with Crippen molar-refractivity contribution in [3.05, 3.63) is 42.1 Å². The number of aliphatic hydroxyl groups excluding tert-OH is 1. The van der Waals surface area contributed by atoms with Crippen LogP contribution < -0.4 is 4.72 Å². The molecule has 0 unspecified atom stereocenters. The fourth-order valence-electron chi connectivity index (χ4n) is 1.87. The van der Waals surface area contributed by atoms with Crippen molar-refractivity contribution in [3.8, 4) is 0 Å². The second kappa shape index (κ2) is 5.64. The summed E-state index contributed by atoms with van der Waals surface area (Å²) in [7, 11) is -3.49. The quantitative estimate of drug-likeness (QED) is 0.857. The molecule has 0 aliphatic carbocycles. The highest BCUT2D eigenvalue weighted by molar-refractivity contribution is 7.88. The maximum absolute atomic E-state index is 12.0. The normalized spacial score (nSPS) is 13.6. The number of aromatic nitrogens is 1. The van der Waals surface area contributed by atoms with Crippen molar-refractivity contribution < 1.29 is 13.5 Å². The van der Waals surface area contributed by atoms with Crippen LogP contribution in [-0.2, 0) is 15.8 Å². The average Bonchev–Trinajstić information content (AvgIpc) is 2.38. The number of rotatable bonds is 5. The second-order valence-electron chi connectivity index (χ2n) is 4.45. The van der Waals surface area contributed by atoms with Gasteiger partial charge in [0.15, 0.2) is 0 Å². The van der Waals surface area contributed by atoms with Gasteiger partial charge in [0, 0.05) is 17.6 Å². The van der Waals surface area contributed by atoms with Gasteiger partial charge in [-0.25, -0.2) is 13.1 Å². The first-order valence-electron chi connectivity index (χ1n) is 5.95. The summed E-state index contributed by atoms with van der Waals surface area (Å²) in [6.07, 6.45) is 1.64. The lowest BCUT2D eigenvalue weighted by atomic mass is 10.1. The first kappa shape index (κ1) is 13.9. The van der Waals surface area contributed by atoms with Crippen LogP contribution in [0.2, 0.25) is 0 Å². The number of pyridine rings is 1. The van der Waals surface area contributed by atoms with Crippen LogP contribution in [0.15, 0.2) is 36.5 Å². The predicted molar refractivity (Wildman–Crippen MR) is 74.1 cm³/mol. The van der Waals surface area contributed by atoms with Gasteiger partial charge in [0.25, 0.3) is 0 Å². The van der Waals surface area contributed by atoms with Gasteiger partial charge in [-0.1, -0.05) is 24.3 Å². The van der Waals surface area contributed by atoms with Crippen molar-refractivity contribution in [1.29, 1.82) is 0 Å². The van der Waals surface area contributed by atoms with Crippen LogP contribution >= 0.6 is 0 Å². The number of hydrogen-bond acceptors (Lipinski definition) is 4. The van der Waals surface area contributed by atoms with E-state index in [1.165, 1.54) is 0 Å². The Kier molecular flexibility index (Phi) is 4.14. The third kappa shape index (κ3) is 3.50. The van der Waals surface area contributed by atoms with E-state index in [4.69, 9.17) is 5.11 Å². The molecule has 6 heteroatoms. The largest absolute Gasteiger partial charge is 0.395 e. The molecule has 0 aliphatic rings. The summed E-state index contributed by atoms with van der Waals surface area (Å²) in [5.41, 5.74) is 1.34. The highest BCUT2D eigenvalue weighted by atomic mass is 32.2. The van der Waals surface area contributed by atoms with Crippen molar-refractivity contribution in [3.63, 3.8) is 0 Å². The second-order valence-corrected chi connectivity index (χ2v) is 6.21. The van der Waals surface area contributed by atoms with Crippen molar-refractivity contribution in [2.75, 3.05) is 6.61 Å². The Morgan fingerprint density at radius 3 is 2.79 bits per heavy atom. The summed E-state index contributed by atoms with van der Waals surface area (Å²) in [6.45, 7) is 1.38. The van der Waals surface area contributed by atoms with Crippen LogP contribution in [-0.4, -0.2) is 31.2 Å². The molecule has 0 aliphatic heterocycles. The van der Waals surface area contributed by atoms with E-state index >= 15 is 0 Å². The van der Waals surface area contributed by atoms with Gasteiger partial charge in [-0.2, -0.15) is 0 Å². The number of sulfonamides is 1. The highest BCUT2D eigenvalue weighted by Crippen LogP contribution is 2.17. The molecule has 5 nitrogen and oxygen atoms in total. The number of nitrogens with zero attached hydrogens (tertiary/aromatic N) is 1. The zero-order valence-electron chi connectivity index (χ0n) is 10.6. The zero-order valence-corrected chi connectivity index (χ0v) is 11.4. The lowest BCUT2D eigenvalue weighted by Gasteiger charge is -2.12. The van der Waals surface area contributed by atoms with Crippen LogP contribution in [0.25, 0.3) is 10.9 Å². The monoisotopic (exact) mass is 280 g/mol. The summed E-state index contributed by atoms with van der Waals surface area (Å²) in [5.74, 6) is -0.147. The molecule has 0 bridgehead atoms. The molecule has 19 heavy (non-hydrogen) atoms. The van der Waals surface area contributed by atoms with Gasteiger partial charge in [0.2, 0.25) is 10.0 Å². The lowest BCUT2D eigenvalue weighted by molar-refractivity contribution is 0.265. The van der Waals surface area contributed by atoms with Crippen molar-refractivity contribution >= 4 is 20.9 Å². The molecule has 2 aromatic rings. The van der Waals surface area contributed by atoms with Gasteiger partial charge in [-0.15, -0.1) is 0 Å². The Hall–Kier alpha value is -1.50. The van der Waals surface area contributed by atoms with Gasteiger partial charge in [0.05, 0.1) is 17.9 Å². The maximum atomic E-state index is 12.0.